The maximum Gasteiger partial charge on any atom is 0.0724 e. The van der Waals surface area contributed by atoms with Crippen LogP contribution in [0.15, 0.2) is 29.2 Å². The molecule has 0 aromatic heterocycles. The van der Waals surface area contributed by atoms with E-state index in [0.29, 0.717) is 24.6 Å². The van der Waals surface area contributed by atoms with Gasteiger partial charge in [-0.3, -0.25) is 4.90 Å². The standard InChI is InChI=1S/C16H26N2OS/c1-12-8-9-18(11-16(12)19-2)15(10-17)13-4-6-14(20-3)7-5-13/h4-7,12,15-16H,8-11,17H2,1-3H3. The van der Waals surface area contributed by atoms with Gasteiger partial charge >= 0.3 is 0 Å². The minimum absolute atomic E-state index is 0.302. The molecule has 0 saturated carbocycles. The van der Waals surface area contributed by atoms with Crippen LogP contribution in [0.2, 0.25) is 0 Å². The van der Waals surface area contributed by atoms with E-state index in [1.807, 2.05) is 7.11 Å². The van der Waals surface area contributed by atoms with E-state index in [2.05, 4.69) is 42.3 Å². The van der Waals surface area contributed by atoms with Crippen LogP contribution in [-0.4, -0.2) is 44.0 Å². The summed E-state index contributed by atoms with van der Waals surface area (Å²) in [5.41, 5.74) is 7.35. The number of hydrogen-bond donors (Lipinski definition) is 1. The van der Waals surface area contributed by atoms with Gasteiger partial charge in [-0.2, -0.15) is 0 Å². The largest absolute Gasteiger partial charge is 0.380 e. The third-order valence-corrected chi connectivity index (χ3v) is 5.13. The summed E-state index contributed by atoms with van der Waals surface area (Å²) in [5, 5.41) is 0. The van der Waals surface area contributed by atoms with Crippen LogP contribution in [0.25, 0.3) is 0 Å². The molecule has 0 spiro atoms. The van der Waals surface area contributed by atoms with Crippen molar-refractivity contribution < 1.29 is 4.74 Å². The zero-order valence-corrected chi connectivity index (χ0v) is 13.5. The molecule has 1 heterocycles. The van der Waals surface area contributed by atoms with Gasteiger partial charge < -0.3 is 10.5 Å². The van der Waals surface area contributed by atoms with Gasteiger partial charge in [0.2, 0.25) is 0 Å². The normalized spacial score (nSPS) is 25.6. The van der Waals surface area contributed by atoms with Crippen LogP contribution in [0.1, 0.15) is 24.9 Å². The van der Waals surface area contributed by atoms with Crippen molar-refractivity contribution in [3.63, 3.8) is 0 Å². The molecular formula is C16H26N2OS. The number of rotatable bonds is 5. The molecule has 1 saturated heterocycles. The van der Waals surface area contributed by atoms with E-state index in [0.717, 1.165) is 13.1 Å². The quantitative estimate of drug-likeness (QED) is 0.848. The van der Waals surface area contributed by atoms with Crippen molar-refractivity contribution in [1.82, 2.24) is 4.90 Å². The lowest BCUT2D eigenvalue weighted by Gasteiger charge is -2.40. The van der Waals surface area contributed by atoms with E-state index >= 15 is 0 Å². The predicted octanol–water partition coefficient (Wildman–Crippen LogP) is 2.77. The van der Waals surface area contributed by atoms with Crippen LogP contribution in [0.3, 0.4) is 0 Å². The fourth-order valence-corrected chi connectivity index (χ4v) is 3.38. The van der Waals surface area contributed by atoms with Gasteiger partial charge in [-0.25, -0.2) is 0 Å². The van der Waals surface area contributed by atoms with Crippen LogP contribution in [0, 0.1) is 5.92 Å². The first-order chi connectivity index (χ1) is 9.69. The fraction of sp³-hybridized carbons (Fsp3) is 0.625. The third-order valence-electron chi connectivity index (χ3n) is 4.39. The Morgan fingerprint density at radius 2 is 2.10 bits per heavy atom. The predicted molar refractivity (Wildman–Crippen MR) is 86.2 cm³/mol. The summed E-state index contributed by atoms with van der Waals surface area (Å²) >= 11 is 1.77. The van der Waals surface area contributed by atoms with E-state index in [4.69, 9.17) is 10.5 Å². The first-order valence-corrected chi connectivity index (χ1v) is 8.53. The van der Waals surface area contributed by atoms with E-state index in [-0.39, 0.29) is 0 Å². The van der Waals surface area contributed by atoms with Crippen LogP contribution < -0.4 is 5.73 Å². The Hall–Kier alpha value is -0.550. The molecule has 2 N–H and O–H groups in total. The maximum absolute atomic E-state index is 6.04. The van der Waals surface area contributed by atoms with Crippen molar-refractivity contribution in [2.75, 3.05) is 33.0 Å². The SMILES string of the molecule is COC1CN(C(CN)c2ccc(SC)cc2)CCC1C. The van der Waals surface area contributed by atoms with Crippen molar-refractivity contribution in [3.05, 3.63) is 29.8 Å². The molecule has 1 fully saturated rings. The van der Waals surface area contributed by atoms with E-state index in [9.17, 15) is 0 Å². The Kier molecular flexibility index (Phi) is 5.90. The molecule has 1 aliphatic heterocycles. The number of piperidine rings is 1. The van der Waals surface area contributed by atoms with Gasteiger partial charge in [0.1, 0.15) is 0 Å². The molecule has 112 valence electrons. The number of thioether (sulfide) groups is 1. The summed E-state index contributed by atoms with van der Waals surface area (Å²) in [7, 11) is 1.81. The number of benzene rings is 1. The number of nitrogens with two attached hydrogens (primary N) is 1. The van der Waals surface area contributed by atoms with Crippen LogP contribution >= 0.6 is 11.8 Å². The Bertz CT molecular complexity index is 409. The first-order valence-electron chi connectivity index (χ1n) is 7.30. The van der Waals surface area contributed by atoms with Gasteiger partial charge in [0.15, 0.2) is 0 Å². The van der Waals surface area contributed by atoms with E-state index < -0.39 is 0 Å². The van der Waals surface area contributed by atoms with Crippen molar-refractivity contribution in [2.45, 2.75) is 30.4 Å². The van der Waals surface area contributed by atoms with Gasteiger partial charge in [-0.1, -0.05) is 19.1 Å². The first kappa shape index (κ1) is 15.8. The number of ether oxygens (including phenoxy) is 1. The van der Waals surface area contributed by atoms with Gasteiger partial charge in [0.05, 0.1) is 6.10 Å². The summed E-state index contributed by atoms with van der Waals surface area (Å²) in [5.74, 6) is 0.633. The molecule has 3 unspecified atom stereocenters. The highest BCUT2D eigenvalue weighted by atomic mass is 32.2. The third kappa shape index (κ3) is 3.55. The minimum atomic E-state index is 0.302. The molecule has 20 heavy (non-hydrogen) atoms. The molecule has 0 radical (unpaired) electrons. The average Bonchev–Trinajstić information content (AvgIpc) is 2.50. The zero-order chi connectivity index (χ0) is 14.5. The molecule has 1 aliphatic rings. The number of methoxy groups -OCH3 is 1. The van der Waals surface area contributed by atoms with Crippen molar-refractivity contribution >= 4 is 11.8 Å². The molecule has 4 heteroatoms. The number of nitrogens with zero attached hydrogens (tertiary/aromatic N) is 1. The second-order valence-corrected chi connectivity index (χ2v) is 6.44. The summed E-state index contributed by atoms with van der Waals surface area (Å²) in [6.45, 7) is 5.01. The van der Waals surface area contributed by atoms with Crippen molar-refractivity contribution in [3.8, 4) is 0 Å². The molecule has 1 aromatic rings. The summed E-state index contributed by atoms with van der Waals surface area (Å²) < 4.78 is 5.61. The van der Waals surface area contributed by atoms with Gasteiger partial charge in [-0.15, -0.1) is 11.8 Å². The Labute approximate surface area is 126 Å². The van der Waals surface area contributed by atoms with Gasteiger partial charge in [-0.05, 0) is 42.8 Å². The minimum Gasteiger partial charge on any atom is -0.380 e. The Balaban J connectivity index is 2.10. The van der Waals surface area contributed by atoms with E-state index in [1.54, 1.807) is 11.8 Å². The lowest BCUT2D eigenvalue weighted by atomic mass is 9.93. The lowest BCUT2D eigenvalue weighted by molar-refractivity contribution is -0.0183. The smallest absolute Gasteiger partial charge is 0.0724 e. The molecule has 0 aliphatic carbocycles. The summed E-state index contributed by atoms with van der Waals surface area (Å²) in [6, 6.07) is 9.09. The molecule has 3 nitrogen and oxygen atoms in total. The van der Waals surface area contributed by atoms with Crippen molar-refractivity contribution in [2.24, 2.45) is 11.7 Å². The zero-order valence-electron chi connectivity index (χ0n) is 12.7. The molecule has 1 aromatic carbocycles. The topological polar surface area (TPSA) is 38.5 Å². The van der Waals surface area contributed by atoms with Crippen LogP contribution in [0.4, 0.5) is 0 Å². The molecule has 2 rings (SSSR count). The highest BCUT2D eigenvalue weighted by molar-refractivity contribution is 7.98. The highest BCUT2D eigenvalue weighted by Crippen LogP contribution is 2.28. The van der Waals surface area contributed by atoms with Gasteiger partial charge in [0, 0.05) is 31.1 Å². The maximum atomic E-state index is 6.04. The second-order valence-electron chi connectivity index (χ2n) is 5.56. The second kappa shape index (κ2) is 7.46. The van der Waals surface area contributed by atoms with Gasteiger partial charge in [0.25, 0.3) is 0 Å². The summed E-state index contributed by atoms with van der Waals surface area (Å²) in [4.78, 5) is 3.77. The molecular weight excluding hydrogens is 268 g/mol. The highest BCUT2D eigenvalue weighted by Gasteiger charge is 2.30. The Morgan fingerprint density at radius 3 is 2.65 bits per heavy atom. The van der Waals surface area contributed by atoms with Crippen LogP contribution in [-0.2, 0) is 4.74 Å². The number of hydrogen-bond acceptors (Lipinski definition) is 4. The summed E-state index contributed by atoms with van der Waals surface area (Å²) in [6.07, 6.45) is 3.60. The lowest BCUT2D eigenvalue weighted by Crippen LogP contribution is -2.47. The number of likely N-dealkylation sites (tertiary alicyclic amines) is 1. The van der Waals surface area contributed by atoms with Crippen LogP contribution in [0.5, 0.6) is 0 Å². The molecule has 0 amide bonds. The molecule has 0 bridgehead atoms. The molecule has 3 atom stereocenters. The van der Waals surface area contributed by atoms with Crippen molar-refractivity contribution in [1.29, 1.82) is 0 Å². The monoisotopic (exact) mass is 294 g/mol. The average molecular weight is 294 g/mol. The fourth-order valence-electron chi connectivity index (χ4n) is 2.97. The van der Waals surface area contributed by atoms with E-state index in [1.165, 1.54) is 16.9 Å². The Morgan fingerprint density at radius 1 is 1.40 bits per heavy atom.